The van der Waals surface area contributed by atoms with Crippen molar-refractivity contribution in [2.45, 2.75) is 31.5 Å². The molecule has 0 amide bonds. The predicted molar refractivity (Wildman–Crippen MR) is 78.9 cm³/mol. The van der Waals surface area contributed by atoms with Gasteiger partial charge >= 0.3 is 0 Å². The fourth-order valence-corrected chi connectivity index (χ4v) is 2.79. The van der Waals surface area contributed by atoms with Crippen molar-refractivity contribution >= 4 is 23.3 Å². The van der Waals surface area contributed by atoms with Crippen LogP contribution in [0.4, 0.5) is 4.39 Å². The number of rotatable bonds is 2. The Bertz CT molecular complexity index is 882. The highest BCUT2D eigenvalue weighted by Gasteiger charge is 2.43. The summed E-state index contributed by atoms with van der Waals surface area (Å²) in [5.74, 6) is -0.941. The maximum absolute atomic E-state index is 13.8. The van der Waals surface area contributed by atoms with Crippen molar-refractivity contribution in [3.8, 4) is 0 Å². The Kier molecular flexibility index (Phi) is 4.02. The molecule has 1 aliphatic rings. The number of hydrogen-bond donors (Lipinski definition) is 4. The number of aryl methyl sites for hydroxylation is 1. The summed E-state index contributed by atoms with van der Waals surface area (Å²) < 4.78 is 20.2. The van der Waals surface area contributed by atoms with Crippen molar-refractivity contribution in [2.24, 2.45) is 0 Å². The van der Waals surface area contributed by atoms with Crippen LogP contribution in [0.3, 0.4) is 0 Å². The molecule has 0 aromatic carbocycles. The first-order valence-electron chi connectivity index (χ1n) is 6.79. The molecule has 4 atom stereocenters. The van der Waals surface area contributed by atoms with Gasteiger partial charge in [0.1, 0.15) is 24.0 Å². The Balaban J connectivity index is 2.18. The van der Waals surface area contributed by atoms with Gasteiger partial charge in [-0.2, -0.15) is 0 Å². The standard InChI is InChI=1S/C13H14FN3O5S/c1-4-7(14)8(19)5-2-17(13(23)16-11(5)15-4)12-10(21)9(20)6(3-18)22-12/h2,6,9-10,12,18,20-21H,3H2,1H3,(H,15,16,23). The number of aromatic amines is 1. The number of nitrogens with zero attached hydrogens (tertiary/aromatic N) is 2. The van der Waals surface area contributed by atoms with Crippen LogP contribution in [0.25, 0.3) is 11.0 Å². The second-order valence-corrected chi connectivity index (χ2v) is 5.68. The summed E-state index contributed by atoms with van der Waals surface area (Å²) in [6, 6.07) is 0. The van der Waals surface area contributed by atoms with Crippen LogP contribution >= 0.6 is 12.2 Å². The van der Waals surface area contributed by atoms with Gasteiger partial charge in [0.2, 0.25) is 10.2 Å². The van der Waals surface area contributed by atoms with Crippen molar-refractivity contribution in [2.75, 3.05) is 6.61 Å². The average Bonchev–Trinajstić information content (AvgIpc) is 2.80. The molecule has 1 aliphatic heterocycles. The second kappa shape index (κ2) is 5.73. The molecule has 0 radical (unpaired) electrons. The average molecular weight is 343 g/mol. The number of fused-ring (bicyclic) bond motifs is 1. The second-order valence-electron chi connectivity index (χ2n) is 5.31. The van der Waals surface area contributed by atoms with Gasteiger partial charge < -0.3 is 25.0 Å². The third kappa shape index (κ3) is 2.48. The first-order valence-corrected chi connectivity index (χ1v) is 7.19. The van der Waals surface area contributed by atoms with Crippen molar-refractivity contribution in [1.82, 2.24) is 14.5 Å². The molecule has 10 heteroatoms. The van der Waals surface area contributed by atoms with Gasteiger partial charge in [-0.05, 0) is 19.1 Å². The Morgan fingerprint density at radius 3 is 2.78 bits per heavy atom. The number of aliphatic hydroxyl groups is 3. The van der Waals surface area contributed by atoms with Crippen molar-refractivity contribution in [1.29, 1.82) is 0 Å². The Hall–Kier alpha value is -1.72. The molecule has 3 rings (SSSR count). The largest absolute Gasteiger partial charge is 0.394 e. The van der Waals surface area contributed by atoms with Gasteiger partial charge in [0.25, 0.3) is 0 Å². The van der Waals surface area contributed by atoms with E-state index in [1.165, 1.54) is 13.1 Å². The van der Waals surface area contributed by atoms with Gasteiger partial charge in [-0.1, -0.05) is 0 Å². The van der Waals surface area contributed by atoms with E-state index in [0.29, 0.717) is 0 Å². The van der Waals surface area contributed by atoms with Gasteiger partial charge in [0.05, 0.1) is 17.7 Å². The number of aliphatic hydroxyl groups excluding tert-OH is 3. The summed E-state index contributed by atoms with van der Waals surface area (Å²) in [4.78, 5) is 18.7. The first-order chi connectivity index (χ1) is 10.8. The molecule has 0 saturated carbocycles. The molecule has 1 saturated heterocycles. The molecule has 2 aromatic heterocycles. The zero-order valence-electron chi connectivity index (χ0n) is 11.9. The predicted octanol–water partition coefficient (Wildman–Crippen LogP) is -0.487. The van der Waals surface area contributed by atoms with Crippen molar-refractivity contribution in [3.05, 3.63) is 32.7 Å². The van der Waals surface area contributed by atoms with Gasteiger partial charge in [-0.25, -0.2) is 9.37 Å². The van der Waals surface area contributed by atoms with Gasteiger partial charge in [0.15, 0.2) is 12.0 Å². The summed E-state index contributed by atoms with van der Waals surface area (Å²) in [6.45, 7) is 0.894. The molecule has 2 aromatic rings. The van der Waals surface area contributed by atoms with E-state index in [0.717, 1.165) is 4.57 Å². The van der Waals surface area contributed by atoms with E-state index in [4.69, 9.17) is 22.1 Å². The molecule has 3 heterocycles. The molecule has 0 aliphatic carbocycles. The van der Waals surface area contributed by atoms with Crippen molar-refractivity contribution in [3.63, 3.8) is 0 Å². The topological polar surface area (TPSA) is 121 Å². The van der Waals surface area contributed by atoms with Crippen LogP contribution < -0.4 is 5.43 Å². The van der Waals surface area contributed by atoms with Gasteiger partial charge in [-0.15, -0.1) is 0 Å². The Labute approximate surface area is 133 Å². The van der Waals surface area contributed by atoms with Crippen LogP contribution in [-0.2, 0) is 4.74 Å². The number of aromatic nitrogens is 3. The van der Waals surface area contributed by atoms with Crippen LogP contribution in [0.5, 0.6) is 0 Å². The number of hydrogen-bond acceptors (Lipinski definition) is 7. The number of pyridine rings is 1. The zero-order valence-corrected chi connectivity index (χ0v) is 12.7. The highest BCUT2D eigenvalue weighted by Crippen LogP contribution is 2.29. The number of ether oxygens (including phenoxy) is 1. The SMILES string of the molecule is Cc1[nH]c2nc(=S)n(C3OC(CO)C(O)C3O)cc2c(=O)c1F. The van der Waals surface area contributed by atoms with E-state index in [-0.39, 0.29) is 21.5 Å². The van der Waals surface area contributed by atoms with Crippen LogP contribution in [0.15, 0.2) is 11.0 Å². The molecule has 1 fully saturated rings. The van der Waals surface area contributed by atoms with Crippen LogP contribution in [0, 0.1) is 17.5 Å². The summed E-state index contributed by atoms with van der Waals surface area (Å²) >= 11 is 5.10. The molecule has 124 valence electrons. The monoisotopic (exact) mass is 343 g/mol. The minimum absolute atomic E-state index is 0.0333. The van der Waals surface area contributed by atoms with E-state index in [1.54, 1.807) is 0 Å². The Morgan fingerprint density at radius 2 is 2.17 bits per heavy atom. The van der Waals surface area contributed by atoms with Gasteiger partial charge in [0, 0.05) is 6.20 Å². The number of halogens is 1. The molecular weight excluding hydrogens is 329 g/mol. The van der Waals surface area contributed by atoms with E-state index >= 15 is 0 Å². The summed E-state index contributed by atoms with van der Waals surface area (Å²) in [6.07, 6.45) is -3.63. The quantitative estimate of drug-likeness (QED) is 0.543. The summed E-state index contributed by atoms with van der Waals surface area (Å²) in [5.41, 5.74) is -0.712. The molecule has 0 bridgehead atoms. The van der Waals surface area contributed by atoms with E-state index < -0.39 is 42.4 Å². The maximum atomic E-state index is 13.8. The molecule has 4 N–H and O–H groups in total. The summed E-state index contributed by atoms with van der Waals surface area (Å²) in [7, 11) is 0. The molecular formula is C13H14FN3O5S. The van der Waals surface area contributed by atoms with Crippen LogP contribution in [0.2, 0.25) is 0 Å². The minimum Gasteiger partial charge on any atom is -0.394 e. The van der Waals surface area contributed by atoms with Gasteiger partial charge in [-0.3, -0.25) is 9.36 Å². The van der Waals surface area contributed by atoms with Crippen molar-refractivity contribution < 1.29 is 24.4 Å². The normalized spacial score (nSPS) is 27.7. The smallest absolute Gasteiger partial charge is 0.228 e. The summed E-state index contributed by atoms with van der Waals surface area (Å²) in [5, 5.41) is 28.9. The van der Waals surface area contributed by atoms with E-state index in [1.807, 2.05) is 0 Å². The molecule has 0 spiro atoms. The van der Waals surface area contributed by atoms with E-state index in [9.17, 15) is 19.4 Å². The first kappa shape index (κ1) is 16.1. The highest BCUT2D eigenvalue weighted by molar-refractivity contribution is 7.71. The minimum atomic E-state index is -1.38. The van der Waals surface area contributed by atoms with E-state index in [2.05, 4.69) is 9.97 Å². The van der Waals surface area contributed by atoms with Crippen LogP contribution in [-0.4, -0.2) is 54.8 Å². The lowest BCUT2D eigenvalue weighted by Gasteiger charge is -2.18. The zero-order chi connectivity index (χ0) is 16.9. The molecule has 8 nitrogen and oxygen atoms in total. The lowest BCUT2D eigenvalue weighted by molar-refractivity contribution is -0.0538. The fourth-order valence-electron chi connectivity index (χ4n) is 2.54. The lowest BCUT2D eigenvalue weighted by Crippen LogP contribution is -2.33. The lowest BCUT2D eigenvalue weighted by atomic mass is 10.1. The number of H-pyrrole nitrogens is 1. The maximum Gasteiger partial charge on any atom is 0.228 e. The Morgan fingerprint density at radius 1 is 1.48 bits per heavy atom. The number of nitrogens with one attached hydrogen (secondary N) is 1. The van der Waals surface area contributed by atoms with Crippen LogP contribution in [0.1, 0.15) is 11.9 Å². The molecule has 23 heavy (non-hydrogen) atoms. The third-order valence-corrected chi connectivity index (χ3v) is 4.12. The fraction of sp³-hybridized carbons (Fsp3) is 0.462. The highest BCUT2D eigenvalue weighted by atomic mass is 32.1. The molecule has 4 unspecified atom stereocenters. The third-order valence-electron chi connectivity index (χ3n) is 3.82.